The Labute approximate surface area is 221 Å². The van der Waals surface area contributed by atoms with Crippen molar-refractivity contribution >= 4 is 33.6 Å². The van der Waals surface area contributed by atoms with Crippen LogP contribution in [0, 0.1) is 6.92 Å². The first-order chi connectivity index (χ1) is 17.6. The summed E-state index contributed by atoms with van der Waals surface area (Å²) in [6.07, 6.45) is 2.70. The zero-order valence-corrected chi connectivity index (χ0v) is 22.8. The number of carbonyl (C=O) groups excluding carboxylic acids is 2. The van der Waals surface area contributed by atoms with Gasteiger partial charge in [-0.1, -0.05) is 25.1 Å². The molecule has 1 aliphatic heterocycles. The van der Waals surface area contributed by atoms with E-state index in [1.807, 2.05) is 38.1 Å². The first kappa shape index (κ1) is 27.0. The van der Waals surface area contributed by atoms with Gasteiger partial charge < -0.3 is 9.47 Å². The van der Waals surface area contributed by atoms with Gasteiger partial charge in [0.2, 0.25) is 10.0 Å². The summed E-state index contributed by atoms with van der Waals surface area (Å²) in [5, 5.41) is 0. The molecule has 10 heteroatoms. The van der Waals surface area contributed by atoms with Crippen molar-refractivity contribution in [2.75, 3.05) is 6.54 Å². The van der Waals surface area contributed by atoms with Crippen LogP contribution in [0.1, 0.15) is 64.3 Å². The minimum absolute atomic E-state index is 0.0302. The zero-order chi connectivity index (χ0) is 26.7. The number of Topliss-reactive ketones (excluding diaryl/α,β-unsaturated/α-hetero) is 1. The number of rotatable bonds is 9. The SMILES string of the molecule is CC[C@@H]1CN(Cc2cc(C(c3ccc(C(C)=O)s3)C(C)OC=O)ccc2C)S(=O)(=O)c2cnccc2O1. The van der Waals surface area contributed by atoms with E-state index in [0.29, 0.717) is 23.5 Å². The van der Waals surface area contributed by atoms with Crippen molar-refractivity contribution in [2.45, 2.75) is 63.7 Å². The maximum atomic E-state index is 13.6. The van der Waals surface area contributed by atoms with Crippen LogP contribution in [0.25, 0.3) is 0 Å². The van der Waals surface area contributed by atoms with Crippen LogP contribution in [-0.2, 0) is 26.1 Å². The summed E-state index contributed by atoms with van der Waals surface area (Å²) in [7, 11) is -3.85. The molecule has 4 rings (SSSR count). The highest BCUT2D eigenvalue weighted by Crippen LogP contribution is 2.37. The highest BCUT2D eigenvalue weighted by atomic mass is 32.2. The van der Waals surface area contributed by atoms with Crippen molar-refractivity contribution in [3.8, 4) is 5.75 Å². The summed E-state index contributed by atoms with van der Waals surface area (Å²) in [5.74, 6) is -0.0360. The Morgan fingerprint density at radius 2 is 2.08 bits per heavy atom. The van der Waals surface area contributed by atoms with Gasteiger partial charge in [0.25, 0.3) is 6.47 Å². The van der Waals surface area contributed by atoms with Gasteiger partial charge in [-0.15, -0.1) is 11.3 Å². The summed E-state index contributed by atoms with van der Waals surface area (Å²) in [6.45, 7) is 8.00. The number of aromatic nitrogens is 1. The van der Waals surface area contributed by atoms with Crippen molar-refractivity contribution in [1.82, 2.24) is 9.29 Å². The third kappa shape index (κ3) is 5.61. The molecule has 3 aromatic rings. The summed E-state index contributed by atoms with van der Waals surface area (Å²) in [6, 6.07) is 11.1. The average molecular weight is 543 g/mol. The van der Waals surface area contributed by atoms with E-state index >= 15 is 0 Å². The minimum Gasteiger partial charge on any atom is -0.488 e. The molecule has 2 unspecified atom stereocenters. The Kier molecular flexibility index (Phi) is 8.11. The number of benzene rings is 1. The van der Waals surface area contributed by atoms with Gasteiger partial charge >= 0.3 is 0 Å². The average Bonchev–Trinajstić information content (AvgIpc) is 3.31. The lowest BCUT2D eigenvalue weighted by molar-refractivity contribution is -0.133. The summed E-state index contributed by atoms with van der Waals surface area (Å²) >= 11 is 1.37. The van der Waals surface area contributed by atoms with Crippen LogP contribution < -0.4 is 4.74 Å². The highest BCUT2D eigenvalue weighted by Gasteiger charge is 2.35. The van der Waals surface area contributed by atoms with Crippen molar-refractivity contribution in [3.63, 3.8) is 0 Å². The lowest BCUT2D eigenvalue weighted by Gasteiger charge is -2.26. The van der Waals surface area contributed by atoms with Crippen molar-refractivity contribution in [3.05, 3.63) is 75.2 Å². The zero-order valence-electron chi connectivity index (χ0n) is 21.2. The molecule has 0 bridgehead atoms. The van der Waals surface area contributed by atoms with Gasteiger partial charge in [0.1, 0.15) is 22.9 Å². The predicted octanol–water partition coefficient (Wildman–Crippen LogP) is 4.71. The fourth-order valence-corrected chi connectivity index (χ4v) is 7.13. The molecular weight excluding hydrogens is 512 g/mol. The third-order valence-electron chi connectivity index (χ3n) is 6.62. The van der Waals surface area contributed by atoms with E-state index in [4.69, 9.17) is 9.47 Å². The number of hydrogen-bond donors (Lipinski definition) is 0. The maximum Gasteiger partial charge on any atom is 0.293 e. The van der Waals surface area contributed by atoms with E-state index < -0.39 is 16.1 Å². The number of sulfonamides is 1. The lowest BCUT2D eigenvalue weighted by atomic mass is 9.90. The second kappa shape index (κ2) is 11.1. The smallest absolute Gasteiger partial charge is 0.293 e. The predicted molar refractivity (Wildman–Crippen MR) is 140 cm³/mol. The van der Waals surface area contributed by atoms with E-state index in [9.17, 15) is 18.0 Å². The molecule has 0 spiro atoms. The number of pyridine rings is 1. The molecule has 196 valence electrons. The number of fused-ring (bicyclic) bond motifs is 1. The Morgan fingerprint density at radius 1 is 1.30 bits per heavy atom. The number of thiophene rings is 1. The van der Waals surface area contributed by atoms with E-state index in [0.717, 1.165) is 21.6 Å². The number of aryl methyl sites for hydroxylation is 1. The van der Waals surface area contributed by atoms with E-state index in [1.54, 1.807) is 19.1 Å². The Hall–Kier alpha value is -3.08. The molecule has 0 amide bonds. The van der Waals surface area contributed by atoms with Gasteiger partial charge in [-0.2, -0.15) is 4.31 Å². The summed E-state index contributed by atoms with van der Waals surface area (Å²) in [5.41, 5.74) is 2.63. The highest BCUT2D eigenvalue weighted by molar-refractivity contribution is 7.89. The number of nitrogens with zero attached hydrogens (tertiary/aromatic N) is 2. The Bertz CT molecular complexity index is 1400. The molecule has 0 aliphatic carbocycles. The molecular formula is C27H30N2O6S2. The molecule has 0 saturated heterocycles. The molecule has 1 aromatic carbocycles. The van der Waals surface area contributed by atoms with Gasteiger partial charge in [0, 0.05) is 17.6 Å². The molecule has 8 nitrogen and oxygen atoms in total. The fraction of sp³-hybridized carbons (Fsp3) is 0.370. The van der Waals surface area contributed by atoms with E-state index in [-0.39, 0.29) is 35.8 Å². The Morgan fingerprint density at radius 3 is 2.76 bits per heavy atom. The second-order valence-corrected chi connectivity index (χ2v) is 12.1. The summed E-state index contributed by atoms with van der Waals surface area (Å²) in [4.78, 5) is 28.7. The van der Waals surface area contributed by atoms with E-state index in [2.05, 4.69) is 4.98 Å². The minimum atomic E-state index is -3.85. The molecule has 0 fully saturated rings. The topological polar surface area (TPSA) is 103 Å². The Balaban J connectivity index is 1.74. The molecule has 37 heavy (non-hydrogen) atoms. The molecule has 0 saturated carbocycles. The molecule has 2 aromatic heterocycles. The number of carbonyl (C=O) groups is 2. The van der Waals surface area contributed by atoms with Gasteiger partial charge in [-0.25, -0.2) is 8.42 Å². The molecule has 3 atom stereocenters. The molecule has 3 heterocycles. The van der Waals surface area contributed by atoms with Crippen molar-refractivity contribution in [1.29, 1.82) is 0 Å². The van der Waals surface area contributed by atoms with Crippen LogP contribution in [-0.4, -0.2) is 48.7 Å². The standard InChI is InChI=1S/C27H30N2O6S2/c1-5-22-15-29(37(32,33)26-13-28-11-10-23(26)35-22)14-21-12-20(7-6-17(21)2)27(19(4)34-16-30)25-9-8-24(36-25)18(3)31/h6-13,16,19,22,27H,5,14-15H2,1-4H3/t19?,22-,27?/m1/s1. The molecule has 0 N–H and O–H groups in total. The molecule has 0 radical (unpaired) electrons. The van der Waals surface area contributed by atoms with Gasteiger partial charge in [-0.05, 0) is 62.1 Å². The van der Waals surface area contributed by atoms with Crippen LogP contribution in [0.5, 0.6) is 5.75 Å². The van der Waals surface area contributed by atoms with Crippen LogP contribution in [0.2, 0.25) is 0 Å². The fourth-order valence-electron chi connectivity index (χ4n) is 4.49. The first-order valence-electron chi connectivity index (χ1n) is 12.1. The third-order valence-corrected chi connectivity index (χ3v) is 9.71. The van der Waals surface area contributed by atoms with Crippen molar-refractivity contribution in [2.24, 2.45) is 0 Å². The van der Waals surface area contributed by atoms with E-state index in [1.165, 1.54) is 35.0 Å². The maximum absolute atomic E-state index is 13.6. The second-order valence-electron chi connectivity index (χ2n) is 9.13. The quantitative estimate of drug-likeness (QED) is 0.285. The van der Waals surface area contributed by atoms with Gasteiger partial charge in [0.15, 0.2) is 5.78 Å². The summed E-state index contributed by atoms with van der Waals surface area (Å²) < 4.78 is 40.0. The number of ether oxygens (including phenoxy) is 2. The lowest BCUT2D eigenvalue weighted by Crippen LogP contribution is -2.36. The van der Waals surface area contributed by atoms with Crippen LogP contribution in [0.15, 0.2) is 53.7 Å². The monoisotopic (exact) mass is 542 g/mol. The van der Waals surface area contributed by atoms with Gasteiger partial charge in [-0.3, -0.25) is 14.6 Å². The van der Waals surface area contributed by atoms with Crippen LogP contribution in [0.4, 0.5) is 0 Å². The van der Waals surface area contributed by atoms with Crippen LogP contribution >= 0.6 is 11.3 Å². The normalized spacial score (nSPS) is 18.6. The van der Waals surface area contributed by atoms with Crippen molar-refractivity contribution < 1.29 is 27.5 Å². The first-order valence-corrected chi connectivity index (χ1v) is 14.3. The number of ketones is 1. The van der Waals surface area contributed by atoms with Gasteiger partial charge in [0.05, 0.1) is 23.5 Å². The molecule has 1 aliphatic rings. The van der Waals surface area contributed by atoms with Crippen LogP contribution in [0.3, 0.4) is 0 Å². The largest absolute Gasteiger partial charge is 0.488 e. The number of hydrogen-bond acceptors (Lipinski definition) is 8.